The van der Waals surface area contributed by atoms with Crippen LogP contribution in [0.4, 0.5) is 0 Å². The molecule has 4 nitrogen and oxygen atoms in total. The van der Waals surface area contributed by atoms with E-state index in [9.17, 15) is 4.79 Å². The van der Waals surface area contributed by atoms with Crippen LogP contribution in [-0.2, 0) is 19.0 Å². The molecule has 1 unspecified atom stereocenters. The van der Waals surface area contributed by atoms with E-state index >= 15 is 0 Å². The average molecular weight is 204 g/mol. The van der Waals surface area contributed by atoms with Gasteiger partial charge in [0, 0.05) is 20.3 Å². The fourth-order valence-electron chi connectivity index (χ4n) is 0.854. The van der Waals surface area contributed by atoms with Gasteiger partial charge < -0.3 is 14.2 Å². The number of carbonyl (C=O) groups is 1. The molecule has 0 saturated heterocycles. The van der Waals surface area contributed by atoms with Crippen molar-refractivity contribution in [1.82, 2.24) is 0 Å². The molecule has 76 valence electrons. The van der Waals surface area contributed by atoms with Gasteiger partial charge >= 0.3 is 5.97 Å². The first-order chi connectivity index (χ1) is 6.13. The van der Waals surface area contributed by atoms with Gasteiger partial charge in [0.05, 0.1) is 5.73 Å². The molecule has 0 aromatic carbocycles. The van der Waals surface area contributed by atoms with Crippen molar-refractivity contribution in [3.63, 3.8) is 0 Å². The largest absolute Gasteiger partial charge is 0.464 e. The van der Waals surface area contributed by atoms with Crippen LogP contribution >= 0.6 is 0 Å². The number of ether oxygens (including phenoxy) is 3. The summed E-state index contributed by atoms with van der Waals surface area (Å²) in [5.41, 5.74) is -0.101. The Labute approximate surface area is 80.7 Å². The minimum atomic E-state index is -0.738. The molecule has 0 aromatic heterocycles. The molecule has 0 radical (unpaired) electrons. The van der Waals surface area contributed by atoms with Crippen molar-refractivity contribution in [2.24, 2.45) is 0 Å². The van der Waals surface area contributed by atoms with Crippen LogP contribution in [0.2, 0.25) is 0 Å². The summed E-state index contributed by atoms with van der Waals surface area (Å²) in [4.78, 5) is 10.8. The Morgan fingerprint density at radius 3 is 2.38 bits per heavy atom. The first kappa shape index (κ1) is 12.3. The zero-order chi connectivity index (χ0) is 10.3. The lowest BCUT2D eigenvalue weighted by Gasteiger charge is -2.17. The van der Waals surface area contributed by atoms with E-state index in [1.165, 1.54) is 0 Å². The number of methoxy groups -OCH3 is 2. The molecule has 0 aliphatic rings. The highest BCUT2D eigenvalue weighted by molar-refractivity contribution is 6.38. The summed E-state index contributed by atoms with van der Waals surface area (Å²) in [5.74, 6) is -0.599. The van der Waals surface area contributed by atoms with Crippen LogP contribution in [0.25, 0.3) is 0 Å². The molecule has 0 aliphatic heterocycles. The Hall–Kier alpha value is -0.653. The van der Waals surface area contributed by atoms with Crippen molar-refractivity contribution in [2.45, 2.75) is 18.6 Å². The van der Waals surface area contributed by atoms with Crippen LogP contribution in [-0.4, -0.2) is 41.3 Å². The number of hydrogen-bond acceptors (Lipinski definition) is 4. The highest BCUT2D eigenvalue weighted by atomic mass is 28.2. The van der Waals surface area contributed by atoms with E-state index in [0.29, 0.717) is 0 Å². The lowest BCUT2D eigenvalue weighted by atomic mass is 10.6. The average Bonchev–Trinajstić information content (AvgIpc) is 2.13. The Morgan fingerprint density at radius 1 is 1.46 bits per heavy atom. The van der Waals surface area contributed by atoms with Crippen molar-refractivity contribution in [1.29, 1.82) is 0 Å². The van der Waals surface area contributed by atoms with E-state index < -0.39 is 15.5 Å². The fraction of sp³-hybridized carbons (Fsp3) is 0.625. The number of rotatable bonds is 6. The molecular weight excluding hydrogens is 188 g/mol. The van der Waals surface area contributed by atoms with Crippen molar-refractivity contribution in [3.05, 3.63) is 12.7 Å². The Morgan fingerprint density at radius 2 is 2.00 bits per heavy atom. The maximum atomic E-state index is 10.8. The predicted molar refractivity (Wildman–Crippen MR) is 52.1 cm³/mol. The topological polar surface area (TPSA) is 44.8 Å². The second-order valence-electron chi connectivity index (χ2n) is 2.59. The van der Waals surface area contributed by atoms with Gasteiger partial charge in [-0.15, -0.1) is 0 Å². The lowest BCUT2D eigenvalue weighted by molar-refractivity contribution is -0.139. The molecule has 0 heterocycles. The minimum absolute atomic E-state index is 0.101. The van der Waals surface area contributed by atoms with E-state index in [2.05, 4.69) is 6.58 Å². The van der Waals surface area contributed by atoms with Crippen LogP contribution in [0.15, 0.2) is 12.7 Å². The summed E-state index contributed by atoms with van der Waals surface area (Å²) in [6, 6.07) is 0. The van der Waals surface area contributed by atoms with Gasteiger partial charge in [0.1, 0.15) is 15.4 Å². The zero-order valence-corrected chi connectivity index (χ0v) is 9.69. The minimum Gasteiger partial charge on any atom is -0.464 e. The summed E-state index contributed by atoms with van der Waals surface area (Å²) in [6.45, 7) is 5.14. The monoisotopic (exact) mass is 204 g/mol. The quantitative estimate of drug-likeness (QED) is 0.260. The van der Waals surface area contributed by atoms with Crippen LogP contribution < -0.4 is 0 Å². The molecule has 0 spiro atoms. The van der Waals surface area contributed by atoms with Gasteiger partial charge in [-0.05, 0) is 6.92 Å². The summed E-state index contributed by atoms with van der Waals surface area (Å²) in [5, 5.41) is 0. The predicted octanol–water partition coefficient (Wildman–Crippen LogP) is -0.193. The fourth-order valence-corrected chi connectivity index (χ4v) is 2.04. The first-order valence-corrected chi connectivity index (χ1v) is 5.66. The molecule has 13 heavy (non-hydrogen) atoms. The van der Waals surface area contributed by atoms with Gasteiger partial charge in [0.15, 0.2) is 0 Å². The molecule has 0 fully saturated rings. The molecular formula is C8H16O4Si. The molecule has 0 saturated carbocycles. The second kappa shape index (κ2) is 6.82. The molecule has 0 bridgehead atoms. The Bertz CT molecular complexity index is 168. The molecule has 0 aliphatic carbocycles. The molecule has 5 heteroatoms. The summed E-state index contributed by atoms with van der Waals surface area (Å²) < 4.78 is 15.0. The van der Waals surface area contributed by atoms with Crippen LogP contribution in [0.1, 0.15) is 6.92 Å². The zero-order valence-electron chi connectivity index (χ0n) is 8.28. The van der Waals surface area contributed by atoms with E-state index in [4.69, 9.17) is 14.2 Å². The number of carbonyl (C=O) groups excluding carboxylic acids is 1. The van der Waals surface area contributed by atoms with E-state index in [1.807, 2.05) is 6.92 Å². The molecule has 0 amide bonds. The van der Waals surface area contributed by atoms with Crippen molar-refractivity contribution >= 4 is 15.5 Å². The van der Waals surface area contributed by atoms with Crippen molar-refractivity contribution in [2.75, 3.05) is 14.2 Å². The SMILES string of the molecule is C=CC(=O)OC(C)[SiH2]C(OC)OC. The van der Waals surface area contributed by atoms with E-state index in [1.54, 1.807) is 14.2 Å². The molecule has 0 aromatic rings. The van der Waals surface area contributed by atoms with Crippen molar-refractivity contribution in [3.8, 4) is 0 Å². The van der Waals surface area contributed by atoms with Crippen LogP contribution in [0.5, 0.6) is 0 Å². The van der Waals surface area contributed by atoms with Gasteiger partial charge in [-0.3, -0.25) is 0 Å². The highest BCUT2D eigenvalue weighted by Crippen LogP contribution is 1.96. The second-order valence-corrected chi connectivity index (χ2v) is 4.88. The first-order valence-electron chi connectivity index (χ1n) is 4.02. The van der Waals surface area contributed by atoms with Crippen molar-refractivity contribution < 1.29 is 19.0 Å². The molecule has 1 atom stereocenters. The highest BCUT2D eigenvalue weighted by Gasteiger charge is 2.14. The van der Waals surface area contributed by atoms with Gasteiger partial charge in [-0.2, -0.15) is 0 Å². The van der Waals surface area contributed by atoms with Gasteiger partial charge in [0.2, 0.25) is 0 Å². The number of esters is 1. The summed E-state index contributed by atoms with van der Waals surface area (Å²) in [6.07, 6.45) is 1.15. The molecule has 0 N–H and O–H groups in total. The Balaban J connectivity index is 3.77. The molecule has 0 rings (SSSR count). The van der Waals surface area contributed by atoms with Gasteiger partial charge in [-0.1, -0.05) is 6.58 Å². The normalized spacial score (nSPS) is 13.5. The third kappa shape index (κ3) is 5.56. The Kier molecular flexibility index (Phi) is 6.48. The maximum Gasteiger partial charge on any atom is 0.330 e. The smallest absolute Gasteiger partial charge is 0.330 e. The van der Waals surface area contributed by atoms with Gasteiger partial charge in [-0.25, -0.2) is 4.79 Å². The van der Waals surface area contributed by atoms with Crippen LogP contribution in [0, 0.1) is 0 Å². The number of hydrogen-bond donors (Lipinski definition) is 0. The summed E-state index contributed by atoms with van der Waals surface area (Å²) >= 11 is 0. The van der Waals surface area contributed by atoms with E-state index in [0.717, 1.165) is 6.08 Å². The maximum absolute atomic E-state index is 10.8. The van der Waals surface area contributed by atoms with E-state index in [-0.39, 0.29) is 11.6 Å². The van der Waals surface area contributed by atoms with Crippen LogP contribution in [0.3, 0.4) is 0 Å². The third-order valence-corrected chi connectivity index (χ3v) is 3.42. The summed E-state index contributed by atoms with van der Waals surface area (Å²) in [7, 11) is 2.41. The lowest BCUT2D eigenvalue weighted by Crippen LogP contribution is -2.32. The third-order valence-electron chi connectivity index (χ3n) is 1.53. The standard InChI is InChI=1S/C8H16O4Si/c1-5-7(9)12-6(2)13-8(10-3)11-4/h5-6,8H,1,13H2,2-4H3. The van der Waals surface area contributed by atoms with Gasteiger partial charge in [0.25, 0.3) is 0 Å².